The van der Waals surface area contributed by atoms with Crippen molar-refractivity contribution in [2.45, 2.75) is 38.4 Å². The first-order valence-electron chi connectivity index (χ1n) is 6.77. The minimum Gasteiger partial charge on any atom is -0.496 e. The normalized spacial score (nSPS) is 20.2. The van der Waals surface area contributed by atoms with E-state index in [2.05, 4.69) is 4.90 Å². The van der Waals surface area contributed by atoms with Crippen LogP contribution in [-0.2, 0) is 0 Å². The highest BCUT2D eigenvalue weighted by atomic mass is 16.5. The lowest BCUT2D eigenvalue weighted by molar-refractivity contribution is 0.0350. The van der Waals surface area contributed by atoms with Crippen LogP contribution >= 0.6 is 0 Å². The second-order valence-electron chi connectivity index (χ2n) is 5.55. The molecule has 2 N–H and O–H groups in total. The quantitative estimate of drug-likeness (QED) is 0.879. The van der Waals surface area contributed by atoms with Crippen LogP contribution in [-0.4, -0.2) is 36.0 Å². The fourth-order valence-electron chi connectivity index (χ4n) is 2.64. The Kier molecular flexibility index (Phi) is 4.02. The first-order valence-corrected chi connectivity index (χ1v) is 6.77. The number of ether oxygens (including phenoxy) is 1. The van der Waals surface area contributed by atoms with Gasteiger partial charge in [-0.1, -0.05) is 6.07 Å². The van der Waals surface area contributed by atoms with E-state index in [-0.39, 0.29) is 0 Å². The van der Waals surface area contributed by atoms with Crippen molar-refractivity contribution in [2.75, 3.05) is 25.1 Å². The van der Waals surface area contributed by atoms with Gasteiger partial charge >= 0.3 is 0 Å². The third-order valence-electron chi connectivity index (χ3n) is 3.86. The van der Waals surface area contributed by atoms with Crippen molar-refractivity contribution in [3.8, 4) is 5.75 Å². The molecular weight excluding hydrogens is 242 g/mol. The Balaban J connectivity index is 2.30. The van der Waals surface area contributed by atoms with Crippen LogP contribution in [0.3, 0.4) is 0 Å². The Morgan fingerprint density at radius 3 is 2.47 bits per heavy atom. The van der Waals surface area contributed by atoms with Crippen LogP contribution in [0.2, 0.25) is 0 Å². The van der Waals surface area contributed by atoms with E-state index < -0.39 is 11.7 Å². The SMILES string of the molecule is COc1cccc(N2CCC(C)(O)CC2)c1[C@@H](C)O. The van der Waals surface area contributed by atoms with Crippen LogP contribution in [0.4, 0.5) is 5.69 Å². The fraction of sp³-hybridized carbons (Fsp3) is 0.600. The number of aliphatic hydroxyl groups excluding tert-OH is 1. The number of benzene rings is 1. The zero-order chi connectivity index (χ0) is 14.0. The van der Waals surface area contributed by atoms with Gasteiger partial charge in [0.25, 0.3) is 0 Å². The van der Waals surface area contributed by atoms with Crippen molar-refractivity contribution in [1.82, 2.24) is 0 Å². The molecular formula is C15H23NO3. The molecule has 19 heavy (non-hydrogen) atoms. The van der Waals surface area contributed by atoms with E-state index in [9.17, 15) is 10.2 Å². The van der Waals surface area contributed by atoms with Gasteiger partial charge in [0.1, 0.15) is 5.75 Å². The molecule has 1 saturated heterocycles. The minimum absolute atomic E-state index is 0.569. The van der Waals surface area contributed by atoms with Crippen molar-refractivity contribution < 1.29 is 14.9 Å². The zero-order valence-electron chi connectivity index (χ0n) is 11.9. The molecule has 0 aromatic heterocycles. The number of nitrogens with zero attached hydrogens (tertiary/aromatic N) is 1. The smallest absolute Gasteiger partial charge is 0.126 e. The molecule has 2 rings (SSSR count). The van der Waals surface area contributed by atoms with Crippen molar-refractivity contribution >= 4 is 5.69 Å². The molecule has 0 spiro atoms. The van der Waals surface area contributed by atoms with Gasteiger partial charge in [-0.25, -0.2) is 0 Å². The van der Waals surface area contributed by atoms with Gasteiger partial charge in [0.05, 0.1) is 18.8 Å². The minimum atomic E-state index is -0.575. The van der Waals surface area contributed by atoms with Gasteiger partial charge in [-0.05, 0) is 38.8 Å². The van der Waals surface area contributed by atoms with Gasteiger partial charge in [0.2, 0.25) is 0 Å². The van der Waals surface area contributed by atoms with Gasteiger partial charge in [0, 0.05) is 24.3 Å². The molecule has 1 aromatic carbocycles. The maximum atomic E-state index is 10.0. The summed E-state index contributed by atoms with van der Waals surface area (Å²) in [5.74, 6) is 0.713. The Hall–Kier alpha value is -1.26. The number of rotatable bonds is 3. The summed E-state index contributed by atoms with van der Waals surface area (Å²) in [6.07, 6.45) is 0.904. The lowest BCUT2D eigenvalue weighted by Gasteiger charge is -2.38. The molecule has 0 unspecified atom stereocenters. The molecule has 4 heteroatoms. The van der Waals surface area contributed by atoms with Crippen molar-refractivity contribution in [3.05, 3.63) is 23.8 Å². The number of aliphatic hydroxyl groups is 2. The Labute approximate surface area is 114 Å². The molecule has 106 valence electrons. The Bertz CT molecular complexity index is 433. The Morgan fingerprint density at radius 2 is 1.95 bits per heavy atom. The molecule has 1 heterocycles. The van der Waals surface area contributed by atoms with Crippen LogP contribution in [0.1, 0.15) is 38.4 Å². The molecule has 1 atom stereocenters. The molecule has 0 aliphatic carbocycles. The van der Waals surface area contributed by atoms with Gasteiger partial charge in [0.15, 0.2) is 0 Å². The molecule has 1 fully saturated rings. The third-order valence-corrected chi connectivity index (χ3v) is 3.86. The molecule has 4 nitrogen and oxygen atoms in total. The van der Waals surface area contributed by atoms with E-state index in [1.165, 1.54) is 0 Å². The number of anilines is 1. The van der Waals surface area contributed by atoms with E-state index in [0.717, 1.165) is 37.2 Å². The van der Waals surface area contributed by atoms with Crippen molar-refractivity contribution in [3.63, 3.8) is 0 Å². The molecule has 0 saturated carbocycles. The summed E-state index contributed by atoms with van der Waals surface area (Å²) in [7, 11) is 1.62. The zero-order valence-corrected chi connectivity index (χ0v) is 11.9. The van der Waals surface area contributed by atoms with Crippen LogP contribution in [0.15, 0.2) is 18.2 Å². The predicted octanol–water partition coefficient (Wildman–Crippen LogP) is 2.10. The largest absolute Gasteiger partial charge is 0.496 e. The summed E-state index contributed by atoms with van der Waals surface area (Å²) < 4.78 is 5.34. The van der Waals surface area contributed by atoms with E-state index in [0.29, 0.717) is 5.75 Å². The van der Waals surface area contributed by atoms with Crippen LogP contribution in [0.25, 0.3) is 0 Å². The second kappa shape index (κ2) is 5.39. The third kappa shape index (κ3) is 3.01. The van der Waals surface area contributed by atoms with E-state index >= 15 is 0 Å². The predicted molar refractivity (Wildman–Crippen MR) is 75.7 cm³/mol. The number of piperidine rings is 1. The number of hydrogen-bond donors (Lipinski definition) is 2. The van der Waals surface area contributed by atoms with Crippen LogP contribution in [0, 0.1) is 0 Å². The first-order chi connectivity index (χ1) is 8.94. The Morgan fingerprint density at radius 1 is 1.32 bits per heavy atom. The first kappa shape index (κ1) is 14.2. The molecule has 0 bridgehead atoms. The van der Waals surface area contributed by atoms with Gasteiger partial charge < -0.3 is 19.8 Å². The highest BCUT2D eigenvalue weighted by molar-refractivity contribution is 5.60. The molecule has 0 radical (unpaired) electrons. The summed E-state index contributed by atoms with van der Waals surface area (Å²) in [5.41, 5.74) is 1.26. The fourth-order valence-corrected chi connectivity index (χ4v) is 2.64. The lowest BCUT2D eigenvalue weighted by Crippen LogP contribution is -2.42. The van der Waals surface area contributed by atoms with Crippen LogP contribution in [0.5, 0.6) is 5.75 Å². The average Bonchev–Trinajstić information content (AvgIpc) is 2.37. The second-order valence-corrected chi connectivity index (χ2v) is 5.55. The molecule has 1 aliphatic rings. The topological polar surface area (TPSA) is 52.9 Å². The molecule has 0 amide bonds. The van der Waals surface area contributed by atoms with Crippen LogP contribution < -0.4 is 9.64 Å². The van der Waals surface area contributed by atoms with E-state index in [1.54, 1.807) is 14.0 Å². The molecule has 1 aromatic rings. The maximum absolute atomic E-state index is 10.0. The average molecular weight is 265 g/mol. The highest BCUT2D eigenvalue weighted by Crippen LogP contribution is 2.36. The summed E-state index contributed by atoms with van der Waals surface area (Å²) in [6.45, 7) is 5.22. The highest BCUT2D eigenvalue weighted by Gasteiger charge is 2.29. The van der Waals surface area contributed by atoms with E-state index in [1.807, 2.05) is 25.1 Å². The number of hydrogen-bond acceptors (Lipinski definition) is 4. The van der Waals surface area contributed by atoms with Gasteiger partial charge in [-0.2, -0.15) is 0 Å². The lowest BCUT2D eigenvalue weighted by atomic mass is 9.92. The number of methoxy groups -OCH3 is 1. The standard InChI is InChI=1S/C15H23NO3/c1-11(17)14-12(5-4-6-13(14)19-3)16-9-7-15(2,18)8-10-16/h4-6,11,17-18H,7-10H2,1-3H3/t11-/m1/s1. The van der Waals surface area contributed by atoms with Crippen molar-refractivity contribution in [2.24, 2.45) is 0 Å². The van der Waals surface area contributed by atoms with Gasteiger partial charge in [-0.15, -0.1) is 0 Å². The summed E-state index contributed by atoms with van der Waals surface area (Å²) >= 11 is 0. The van der Waals surface area contributed by atoms with E-state index in [4.69, 9.17) is 4.74 Å². The van der Waals surface area contributed by atoms with Gasteiger partial charge in [-0.3, -0.25) is 0 Å². The maximum Gasteiger partial charge on any atom is 0.126 e. The molecule has 1 aliphatic heterocycles. The summed E-state index contributed by atoms with van der Waals surface area (Å²) in [4.78, 5) is 2.21. The summed E-state index contributed by atoms with van der Waals surface area (Å²) in [6, 6.07) is 5.81. The van der Waals surface area contributed by atoms with Crippen molar-refractivity contribution in [1.29, 1.82) is 0 Å². The summed E-state index contributed by atoms with van der Waals surface area (Å²) in [5, 5.41) is 20.0. The monoisotopic (exact) mass is 265 g/mol.